The van der Waals surface area contributed by atoms with Gasteiger partial charge in [-0.05, 0) is 54.6 Å². The zero-order valence-corrected chi connectivity index (χ0v) is 14.3. The highest BCUT2D eigenvalue weighted by atomic mass is 32.2. The van der Waals surface area contributed by atoms with Crippen molar-refractivity contribution in [2.45, 2.75) is 4.90 Å². The van der Waals surface area contributed by atoms with E-state index in [-0.39, 0.29) is 16.5 Å². The van der Waals surface area contributed by atoms with Gasteiger partial charge in [0.25, 0.3) is 15.9 Å². The number of halogens is 1. The van der Waals surface area contributed by atoms with Gasteiger partial charge in [0.2, 0.25) is 0 Å². The summed E-state index contributed by atoms with van der Waals surface area (Å²) in [7, 11) is -3.88. The standard InChI is InChI=1S/C19H15FN2O3S/c20-15-5-4-8-17(13-15)22-26(24,25)18-11-9-14(10-12-18)19(23)21-16-6-2-1-3-7-16/h1-13,22H,(H,21,23). The monoisotopic (exact) mass is 370 g/mol. The van der Waals surface area contributed by atoms with Gasteiger partial charge in [0.05, 0.1) is 10.6 Å². The topological polar surface area (TPSA) is 75.3 Å². The van der Waals surface area contributed by atoms with Crippen LogP contribution in [0, 0.1) is 5.82 Å². The van der Waals surface area contributed by atoms with Crippen LogP contribution >= 0.6 is 0 Å². The Morgan fingerprint density at radius 1 is 0.808 bits per heavy atom. The molecule has 0 atom stereocenters. The maximum Gasteiger partial charge on any atom is 0.261 e. The van der Waals surface area contributed by atoms with Gasteiger partial charge in [-0.15, -0.1) is 0 Å². The second-order valence-corrected chi connectivity index (χ2v) is 7.14. The molecule has 2 N–H and O–H groups in total. The van der Waals surface area contributed by atoms with Crippen molar-refractivity contribution in [1.29, 1.82) is 0 Å². The Morgan fingerprint density at radius 2 is 1.46 bits per heavy atom. The third kappa shape index (κ3) is 4.25. The molecule has 0 bridgehead atoms. The predicted octanol–water partition coefficient (Wildman–Crippen LogP) is 3.88. The van der Waals surface area contributed by atoms with Crippen molar-refractivity contribution in [2.24, 2.45) is 0 Å². The normalized spacial score (nSPS) is 11.0. The summed E-state index contributed by atoms with van der Waals surface area (Å²) in [5, 5.41) is 2.72. The van der Waals surface area contributed by atoms with Gasteiger partial charge in [-0.25, -0.2) is 12.8 Å². The lowest BCUT2D eigenvalue weighted by atomic mass is 10.2. The molecule has 0 aliphatic rings. The molecule has 0 aromatic heterocycles. The molecule has 1 amide bonds. The third-order valence-corrected chi connectivity index (χ3v) is 4.93. The number of amides is 1. The van der Waals surface area contributed by atoms with Crippen molar-refractivity contribution in [3.8, 4) is 0 Å². The molecule has 132 valence electrons. The largest absolute Gasteiger partial charge is 0.322 e. The van der Waals surface area contributed by atoms with Crippen molar-refractivity contribution in [3.63, 3.8) is 0 Å². The minimum atomic E-state index is -3.88. The van der Waals surface area contributed by atoms with Gasteiger partial charge in [0.15, 0.2) is 0 Å². The van der Waals surface area contributed by atoms with Crippen LogP contribution in [-0.4, -0.2) is 14.3 Å². The average Bonchev–Trinajstić information content (AvgIpc) is 2.62. The van der Waals surface area contributed by atoms with Crippen LogP contribution in [0.5, 0.6) is 0 Å². The number of rotatable bonds is 5. The molecule has 0 saturated heterocycles. The van der Waals surface area contributed by atoms with Gasteiger partial charge in [-0.1, -0.05) is 24.3 Å². The second kappa shape index (κ2) is 7.37. The average molecular weight is 370 g/mol. The number of anilines is 2. The van der Waals surface area contributed by atoms with E-state index in [2.05, 4.69) is 10.0 Å². The summed E-state index contributed by atoms with van der Waals surface area (Å²) in [6.07, 6.45) is 0. The molecule has 0 spiro atoms. The van der Waals surface area contributed by atoms with Crippen molar-refractivity contribution in [1.82, 2.24) is 0 Å². The summed E-state index contributed by atoms with van der Waals surface area (Å²) in [6.45, 7) is 0. The van der Waals surface area contributed by atoms with E-state index in [9.17, 15) is 17.6 Å². The van der Waals surface area contributed by atoms with Crippen LogP contribution in [0.4, 0.5) is 15.8 Å². The molecule has 0 heterocycles. The molecule has 0 radical (unpaired) electrons. The molecule has 3 aromatic rings. The minimum Gasteiger partial charge on any atom is -0.322 e. The highest BCUT2D eigenvalue weighted by Gasteiger charge is 2.15. The van der Waals surface area contributed by atoms with Gasteiger partial charge >= 0.3 is 0 Å². The van der Waals surface area contributed by atoms with Crippen LogP contribution in [-0.2, 0) is 10.0 Å². The van der Waals surface area contributed by atoms with Gasteiger partial charge < -0.3 is 5.32 Å². The first kappa shape index (κ1) is 17.6. The lowest BCUT2D eigenvalue weighted by Crippen LogP contribution is -2.14. The zero-order chi connectivity index (χ0) is 18.6. The molecule has 5 nitrogen and oxygen atoms in total. The molecule has 0 fully saturated rings. The first-order valence-electron chi connectivity index (χ1n) is 7.69. The number of benzene rings is 3. The fraction of sp³-hybridized carbons (Fsp3) is 0. The maximum atomic E-state index is 13.2. The van der Waals surface area contributed by atoms with Crippen molar-refractivity contribution in [2.75, 3.05) is 10.0 Å². The van der Waals surface area contributed by atoms with Crippen LogP contribution in [0.1, 0.15) is 10.4 Å². The molecular weight excluding hydrogens is 355 g/mol. The van der Waals surface area contributed by atoms with Crippen LogP contribution in [0.3, 0.4) is 0 Å². The lowest BCUT2D eigenvalue weighted by molar-refractivity contribution is 0.102. The SMILES string of the molecule is O=C(Nc1ccccc1)c1ccc(S(=O)(=O)Nc2cccc(F)c2)cc1. The summed E-state index contributed by atoms with van der Waals surface area (Å²) in [5.74, 6) is -0.892. The molecule has 0 aliphatic heterocycles. The molecular formula is C19H15FN2O3S. The Bertz CT molecular complexity index is 1020. The van der Waals surface area contributed by atoms with E-state index in [1.807, 2.05) is 6.07 Å². The number of carbonyl (C=O) groups excluding carboxylic acids is 1. The molecule has 7 heteroatoms. The van der Waals surface area contributed by atoms with Crippen LogP contribution in [0.15, 0.2) is 83.8 Å². The summed E-state index contributed by atoms with van der Waals surface area (Å²) in [5.41, 5.74) is 1.08. The lowest BCUT2D eigenvalue weighted by Gasteiger charge is -2.09. The zero-order valence-electron chi connectivity index (χ0n) is 13.5. The highest BCUT2D eigenvalue weighted by Crippen LogP contribution is 2.18. The molecule has 0 saturated carbocycles. The first-order chi connectivity index (χ1) is 12.4. The third-order valence-electron chi connectivity index (χ3n) is 3.54. The van der Waals surface area contributed by atoms with E-state index in [0.717, 1.165) is 6.07 Å². The fourth-order valence-corrected chi connectivity index (χ4v) is 3.33. The second-order valence-electron chi connectivity index (χ2n) is 5.46. The molecule has 0 unspecified atom stereocenters. The Kier molecular flexibility index (Phi) is 4.99. The van der Waals surface area contributed by atoms with Gasteiger partial charge in [0, 0.05) is 11.3 Å². The van der Waals surface area contributed by atoms with Crippen LogP contribution < -0.4 is 10.0 Å². The fourth-order valence-electron chi connectivity index (χ4n) is 2.28. The summed E-state index contributed by atoms with van der Waals surface area (Å²) < 4.78 is 40.2. The smallest absolute Gasteiger partial charge is 0.261 e. The number of hydrogen-bond donors (Lipinski definition) is 2. The van der Waals surface area contributed by atoms with E-state index >= 15 is 0 Å². The first-order valence-corrected chi connectivity index (χ1v) is 9.17. The summed E-state index contributed by atoms with van der Waals surface area (Å²) in [4.78, 5) is 12.2. The van der Waals surface area contributed by atoms with Crippen molar-refractivity contribution in [3.05, 3.63) is 90.2 Å². The number of nitrogens with one attached hydrogen (secondary N) is 2. The quantitative estimate of drug-likeness (QED) is 0.716. The van der Waals surface area contributed by atoms with E-state index in [4.69, 9.17) is 0 Å². The molecule has 0 aliphatic carbocycles. The molecule has 3 rings (SSSR count). The molecule has 26 heavy (non-hydrogen) atoms. The van der Waals surface area contributed by atoms with Crippen LogP contribution in [0.25, 0.3) is 0 Å². The summed E-state index contributed by atoms with van der Waals surface area (Å²) >= 11 is 0. The number of hydrogen-bond acceptors (Lipinski definition) is 3. The predicted molar refractivity (Wildman–Crippen MR) is 98.0 cm³/mol. The highest BCUT2D eigenvalue weighted by molar-refractivity contribution is 7.92. The minimum absolute atomic E-state index is 0.0296. The number of para-hydroxylation sites is 1. The van der Waals surface area contributed by atoms with E-state index in [1.165, 1.54) is 42.5 Å². The Hall–Kier alpha value is -3.19. The van der Waals surface area contributed by atoms with Gasteiger partial charge in [-0.2, -0.15) is 0 Å². The van der Waals surface area contributed by atoms with Gasteiger partial charge in [-0.3, -0.25) is 9.52 Å². The van der Waals surface area contributed by atoms with E-state index < -0.39 is 15.8 Å². The van der Waals surface area contributed by atoms with Crippen molar-refractivity contribution < 1.29 is 17.6 Å². The number of sulfonamides is 1. The van der Waals surface area contributed by atoms with Crippen molar-refractivity contribution >= 4 is 27.3 Å². The number of carbonyl (C=O) groups is 1. The summed E-state index contributed by atoms with van der Waals surface area (Å²) in [6, 6.07) is 19.6. The Balaban J connectivity index is 1.75. The van der Waals surface area contributed by atoms with E-state index in [1.54, 1.807) is 24.3 Å². The Labute approximate surface area is 150 Å². The van der Waals surface area contributed by atoms with E-state index in [0.29, 0.717) is 11.3 Å². The molecule has 3 aromatic carbocycles. The van der Waals surface area contributed by atoms with Crippen LogP contribution in [0.2, 0.25) is 0 Å². The Morgan fingerprint density at radius 3 is 2.12 bits per heavy atom. The van der Waals surface area contributed by atoms with Gasteiger partial charge in [0.1, 0.15) is 5.82 Å². The maximum absolute atomic E-state index is 13.2.